The fourth-order valence-electron chi connectivity index (χ4n) is 1.85. The third-order valence-corrected chi connectivity index (χ3v) is 2.64. The van der Waals surface area contributed by atoms with E-state index in [4.69, 9.17) is 4.74 Å². The van der Waals surface area contributed by atoms with Crippen molar-refractivity contribution in [2.75, 3.05) is 20.2 Å². The summed E-state index contributed by atoms with van der Waals surface area (Å²) in [7, 11) is 1.70. The number of ether oxygens (including phenoxy) is 1. The van der Waals surface area contributed by atoms with Gasteiger partial charge in [0.25, 0.3) is 0 Å². The molecule has 4 nitrogen and oxygen atoms in total. The molecule has 0 aromatic heterocycles. The van der Waals surface area contributed by atoms with Gasteiger partial charge in [0.1, 0.15) is 5.75 Å². The van der Waals surface area contributed by atoms with Crippen molar-refractivity contribution in [3.63, 3.8) is 0 Å². The number of nitrogens with zero attached hydrogens (tertiary/aromatic N) is 1. The Balaban J connectivity index is 2.56. The van der Waals surface area contributed by atoms with Gasteiger partial charge in [-0.15, -0.1) is 0 Å². The number of carbonyl (C=O) groups is 1. The summed E-state index contributed by atoms with van der Waals surface area (Å²) in [6, 6.07) is 7.51. The first-order valence-corrected chi connectivity index (χ1v) is 6.50. The molecule has 0 radical (unpaired) electrons. The van der Waals surface area contributed by atoms with Crippen LogP contribution in [0.15, 0.2) is 24.3 Å². The van der Waals surface area contributed by atoms with Gasteiger partial charge in [-0.3, -0.25) is 4.79 Å². The Labute approximate surface area is 115 Å². The van der Waals surface area contributed by atoms with Gasteiger partial charge in [0.2, 0.25) is 5.91 Å². The highest BCUT2D eigenvalue weighted by Crippen LogP contribution is 2.13. The molecule has 1 aromatic carbocycles. The smallest absolute Gasteiger partial charge is 0.226 e. The Bertz CT molecular complexity index is 406. The standard InChI is InChI=1S/C15H23NO3/c1-5-19-13-8-6-12(7-9-13)10-14(17)16(4)11-15(2,3)18/h6-9,18H,5,10-11H2,1-4H3. The van der Waals surface area contributed by atoms with Crippen LogP contribution in [0.2, 0.25) is 0 Å². The van der Waals surface area contributed by atoms with Crippen LogP contribution in [0.3, 0.4) is 0 Å². The number of aliphatic hydroxyl groups is 1. The highest BCUT2D eigenvalue weighted by atomic mass is 16.5. The van der Waals surface area contributed by atoms with Crippen molar-refractivity contribution in [3.8, 4) is 5.75 Å². The van der Waals surface area contributed by atoms with E-state index in [1.54, 1.807) is 25.8 Å². The second-order valence-electron chi connectivity index (χ2n) is 5.32. The predicted molar refractivity (Wildman–Crippen MR) is 75.2 cm³/mol. The van der Waals surface area contributed by atoms with Crippen LogP contribution in [-0.2, 0) is 11.2 Å². The Kier molecular flexibility index (Phi) is 5.36. The third-order valence-electron chi connectivity index (χ3n) is 2.64. The molecule has 0 fully saturated rings. The summed E-state index contributed by atoms with van der Waals surface area (Å²) in [5, 5.41) is 9.69. The molecule has 1 N–H and O–H groups in total. The van der Waals surface area contributed by atoms with Gasteiger partial charge in [-0.2, -0.15) is 0 Å². The molecule has 0 aliphatic carbocycles. The van der Waals surface area contributed by atoms with E-state index >= 15 is 0 Å². The number of rotatable bonds is 6. The van der Waals surface area contributed by atoms with Crippen molar-refractivity contribution in [3.05, 3.63) is 29.8 Å². The van der Waals surface area contributed by atoms with Gasteiger partial charge in [0.05, 0.1) is 18.6 Å². The molecule has 1 amide bonds. The highest BCUT2D eigenvalue weighted by Gasteiger charge is 2.19. The normalized spacial score (nSPS) is 11.2. The molecule has 1 aromatic rings. The van der Waals surface area contributed by atoms with Gasteiger partial charge in [-0.1, -0.05) is 12.1 Å². The molecule has 0 aliphatic heterocycles. The first-order chi connectivity index (χ1) is 8.81. The van der Waals surface area contributed by atoms with Crippen molar-refractivity contribution in [1.82, 2.24) is 4.90 Å². The quantitative estimate of drug-likeness (QED) is 0.854. The molecule has 1 rings (SSSR count). The summed E-state index contributed by atoms with van der Waals surface area (Å²) in [6.45, 7) is 6.26. The summed E-state index contributed by atoms with van der Waals surface area (Å²) >= 11 is 0. The second kappa shape index (κ2) is 6.57. The summed E-state index contributed by atoms with van der Waals surface area (Å²) in [5.74, 6) is 0.801. The van der Waals surface area contributed by atoms with Gasteiger partial charge < -0.3 is 14.7 Å². The number of likely N-dealkylation sites (N-methyl/N-ethyl adjacent to an activating group) is 1. The van der Waals surface area contributed by atoms with Crippen molar-refractivity contribution in [2.45, 2.75) is 32.8 Å². The van der Waals surface area contributed by atoms with Crippen molar-refractivity contribution in [1.29, 1.82) is 0 Å². The van der Waals surface area contributed by atoms with E-state index in [0.717, 1.165) is 11.3 Å². The highest BCUT2D eigenvalue weighted by molar-refractivity contribution is 5.78. The molecule has 0 saturated carbocycles. The Morgan fingerprint density at radius 3 is 2.37 bits per heavy atom. The average molecular weight is 265 g/mol. The number of hydrogen-bond acceptors (Lipinski definition) is 3. The summed E-state index contributed by atoms with van der Waals surface area (Å²) in [5.41, 5.74) is 0.0690. The van der Waals surface area contributed by atoms with E-state index in [1.807, 2.05) is 31.2 Å². The van der Waals surface area contributed by atoms with Crippen LogP contribution in [-0.4, -0.2) is 41.7 Å². The molecule has 0 bridgehead atoms. The molecule has 19 heavy (non-hydrogen) atoms. The van der Waals surface area contributed by atoms with Crippen LogP contribution in [0.25, 0.3) is 0 Å². The van der Waals surface area contributed by atoms with Crippen LogP contribution in [0.1, 0.15) is 26.3 Å². The van der Waals surface area contributed by atoms with Crippen LogP contribution in [0.4, 0.5) is 0 Å². The number of carbonyl (C=O) groups excluding carboxylic acids is 1. The second-order valence-corrected chi connectivity index (χ2v) is 5.32. The van der Waals surface area contributed by atoms with Crippen LogP contribution < -0.4 is 4.74 Å². The maximum absolute atomic E-state index is 12.0. The maximum atomic E-state index is 12.0. The molecular weight excluding hydrogens is 242 g/mol. The Hall–Kier alpha value is -1.55. The molecule has 106 valence electrons. The van der Waals surface area contributed by atoms with Crippen molar-refractivity contribution < 1.29 is 14.6 Å². The largest absolute Gasteiger partial charge is 0.494 e. The zero-order valence-electron chi connectivity index (χ0n) is 12.1. The van der Waals surface area contributed by atoms with Gasteiger partial charge >= 0.3 is 0 Å². The lowest BCUT2D eigenvalue weighted by atomic mass is 10.1. The van der Waals surface area contributed by atoms with E-state index in [2.05, 4.69) is 0 Å². The van der Waals surface area contributed by atoms with Crippen LogP contribution >= 0.6 is 0 Å². The molecule has 0 saturated heterocycles. The molecule has 0 atom stereocenters. The topological polar surface area (TPSA) is 49.8 Å². The van der Waals surface area contributed by atoms with E-state index < -0.39 is 5.60 Å². The average Bonchev–Trinajstić information content (AvgIpc) is 2.29. The number of hydrogen-bond donors (Lipinski definition) is 1. The van der Waals surface area contributed by atoms with Gasteiger partial charge in [-0.25, -0.2) is 0 Å². The fraction of sp³-hybridized carbons (Fsp3) is 0.533. The van der Waals surface area contributed by atoms with E-state index in [0.29, 0.717) is 19.6 Å². The fourth-order valence-corrected chi connectivity index (χ4v) is 1.85. The molecule has 0 aliphatic rings. The van der Waals surface area contributed by atoms with Gasteiger partial charge in [-0.05, 0) is 38.5 Å². The first kappa shape index (κ1) is 15.5. The van der Waals surface area contributed by atoms with Crippen LogP contribution in [0.5, 0.6) is 5.75 Å². The SMILES string of the molecule is CCOc1ccc(CC(=O)N(C)CC(C)(C)O)cc1. The number of benzene rings is 1. The Morgan fingerprint density at radius 2 is 1.89 bits per heavy atom. The lowest BCUT2D eigenvalue weighted by Crippen LogP contribution is -2.40. The van der Waals surface area contributed by atoms with Crippen molar-refractivity contribution >= 4 is 5.91 Å². The minimum absolute atomic E-state index is 0.00807. The molecule has 0 spiro atoms. The molecule has 4 heteroatoms. The van der Waals surface area contributed by atoms with Gasteiger partial charge in [0.15, 0.2) is 0 Å². The van der Waals surface area contributed by atoms with E-state index in [9.17, 15) is 9.90 Å². The first-order valence-electron chi connectivity index (χ1n) is 6.50. The monoisotopic (exact) mass is 265 g/mol. The molecular formula is C15H23NO3. The van der Waals surface area contributed by atoms with Crippen LogP contribution in [0, 0.1) is 0 Å². The summed E-state index contributed by atoms with van der Waals surface area (Å²) in [4.78, 5) is 13.5. The molecule has 0 heterocycles. The zero-order chi connectivity index (χ0) is 14.5. The van der Waals surface area contributed by atoms with E-state index in [1.165, 1.54) is 0 Å². The minimum atomic E-state index is -0.872. The Morgan fingerprint density at radius 1 is 1.32 bits per heavy atom. The predicted octanol–water partition coefficient (Wildman–Crippen LogP) is 1.86. The summed E-state index contributed by atoms with van der Waals surface area (Å²) < 4.78 is 5.35. The van der Waals surface area contributed by atoms with E-state index in [-0.39, 0.29) is 5.91 Å². The lowest BCUT2D eigenvalue weighted by molar-refractivity contribution is -0.131. The lowest BCUT2D eigenvalue weighted by Gasteiger charge is -2.25. The van der Waals surface area contributed by atoms with Gasteiger partial charge in [0, 0.05) is 13.6 Å². The molecule has 0 unspecified atom stereocenters. The number of amides is 1. The zero-order valence-corrected chi connectivity index (χ0v) is 12.1. The minimum Gasteiger partial charge on any atom is -0.494 e. The summed E-state index contributed by atoms with van der Waals surface area (Å²) in [6.07, 6.45) is 0.332. The third kappa shape index (κ3) is 5.75. The van der Waals surface area contributed by atoms with Crippen molar-refractivity contribution in [2.24, 2.45) is 0 Å². The maximum Gasteiger partial charge on any atom is 0.226 e.